The van der Waals surface area contributed by atoms with Gasteiger partial charge >= 0.3 is 0 Å². The molecule has 7 heteroatoms. The first-order chi connectivity index (χ1) is 9.65. The Morgan fingerprint density at radius 1 is 1.27 bits per heavy atom. The minimum atomic E-state index is -0.0848. The number of hydrogen-bond acceptors (Lipinski definition) is 4. The average Bonchev–Trinajstić information content (AvgIpc) is 2.53. The Labute approximate surface area is 144 Å². The lowest BCUT2D eigenvalue weighted by molar-refractivity contribution is -0.134. The van der Waals surface area contributed by atoms with Gasteiger partial charge in [-0.15, -0.1) is 24.8 Å². The number of nitrogens with two attached hydrogens (primary N) is 1. The van der Waals surface area contributed by atoms with Crippen LogP contribution in [0.15, 0.2) is 24.3 Å². The molecule has 1 heterocycles. The molecule has 22 heavy (non-hydrogen) atoms. The van der Waals surface area contributed by atoms with Gasteiger partial charge in [0.25, 0.3) is 0 Å². The van der Waals surface area contributed by atoms with Crippen molar-refractivity contribution in [1.82, 2.24) is 4.90 Å². The van der Waals surface area contributed by atoms with E-state index >= 15 is 0 Å². The lowest BCUT2D eigenvalue weighted by atomic mass is 10.1. The number of carbonyl (C=O) groups is 1. The molecule has 1 aliphatic heterocycles. The molecule has 5 nitrogen and oxygen atoms in total. The van der Waals surface area contributed by atoms with Gasteiger partial charge in [0.05, 0.1) is 7.11 Å². The van der Waals surface area contributed by atoms with Crippen molar-refractivity contribution in [2.75, 3.05) is 44.7 Å². The molecule has 0 spiro atoms. The maximum Gasteiger partial charge on any atom is 0.226 e. The molecule has 1 unspecified atom stereocenters. The highest BCUT2D eigenvalue weighted by molar-refractivity contribution is 5.85. The molecule has 126 valence electrons. The van der Waals surface area contributed by atoms with Crippen LogP contribution in [0.25, 0.3) is 0 Å². The van der Waals surface area contributed by atoms with Crippen LogP contribution in [-0.2, 0) is 4.79 Å². The summed E-state index contributed by atoms with van der Waals surface area (Å²) < 4.78 is 5.25. The molecular weight excluding hydrogens is 325 g/mol. The quantitative estimate of drug-likeness (QED) is 0.899. The Morgan fingerprint density at radius 3 is 2.45 bits per heavy atom. The second kappa shape index (κ2) is 9.77. The zero-order valence-electron chi connectivity index (χ0n) is 13.0. The number of anilines is 1. The summed E-state index contributed by atoms with van der Waals surface area (Å²) >= 11 is 0. The van der Waals surface area contributed by atoms with E-state index in [1.54, 1.807) is 7.11 Å². The Hall–Kier alpha value is -1.17. The van der Waals surface area contributed by atoms with Gasteiger partial charge in [0.1, 0.15) is 5.75 Å². The smallest absolute Gasteiger partial charge is 0.226 e. The molecular formula is C15H25Cl2N3O2. The predicted octanol–water partition coefficient (Wildman–Crippen LogP) is 1.78. The fraction of sp³-hybridized carbons (Fsp3) is 0.533. The predicted molar refractivity (Wildman–Crippen MR) is 94.5 cm³/mol. The van der Waals surface area contributed by atoms with Crippen LogP contribution in [0.2, 0.25) is 0 Å². The van der Waals surface area contributed by atoms with Crippen molar-refractivity contribution in [3.8, 4) is 5.75 Å². The number of nitrogens with zero attached hydrogens (tertiary/aromatic N) is 2. The molecule has 2 N–H and O–H groups in total. The van der Waals surface area contributed by atoms with Crippen molar-refractivity contribution >= 4 is 36.4 Å². The van der Waals surface area contributed by atoms with Gasteiger partial charge in [-0.05, 0) is 12.1 Å². The third-order valence-corrected chi connectivity index (χ3v) is 3.78. The van der Waals surface area contributed by atoms with Crippen molar-refractivity contribution in [3.05, 3.63) is 24.3 Å². The van der Waals surface area contributed by atoms with Gasteiger partial charge in [0.15, 0.2) is 0 Å². The molecule has 0 aromatic heterocycles. The number of ether oxygens (including phenoxy) is 1. The van der Waals surface area contributed by atoms with Crippen molar-refractivity contribution in [2.24, 2.45) is 11.7 Å². The number of benzene rings is 1. The zero-order chi connectivity index (χ0) is 14.5. The van der Waals surface area contributed by atoms with E-state index in [0.29, 0.717) is 6.54 Å². The molecule has 1 atom stereocenters. The molecule has 1 fully saturated rings. The van der Waals surface area contributed by atoms with Gasteiger partial charge in [0, 0.05) is 50.4 Å². The molecule has 1 aromatic carbocycles. The molecule has 1 amide bonds. The van der Waals surface area contributed by atoms with Crippen LogP contribution in [0, 0.1) is 5.92 Å². The molecule has 0 aliphatic carbocycles. The van der Waals surface area contributed by atoms with Crippen LogP contribution in [0.5, 0.6) is 5.75 Å². The highest BCUT2D eigenvalue weighted by Gasteiger charge is 2.24. The van der Waals surface area contributed by atoms with Gasteiger partial charge in [-0.3, -0.25) is 4.79 Å². The van der Waals surface area contributed by atoms with E-state index in [0.717, 1.165) is 37.6 Å². The van der Waals surface area contributed by atoms with Gasteiger partial charge in [-0.1, -0.05) is 13.0 Å². The van der Waals surface area contributed by atoms with Crippen LogP contribution >= 0.6 is 24.8 Å². The molecule has 0 radical (unpaired) electrons. The summed E-state index contributed by atoms with van der Waals surface area (Å²) in [7, 11) is 1.67. The highest BCUT2D eigenvalue weighted by Crippen LogP contribution is 2.22. The third-order valence-electron chi connectivity index (χ3n) is 3.78. The third kappa shape index (κ3) is 4.93. The molecule has 1 aliphatic rings. The van der Waals surface area contributed by atoms with Gasteiger partial charge in [-0.25, -0.2) is 0 Å². The monoisotopic (exact) mass is 349 g/mol. The van der Waals surface area contributed by atoms with Crippen LogP contribution in [-0.4, -0.2) is 50.6 Å². The number of rotatable bonds is 4. The van der Waals surface area contributed by atoms with E-state index in [2.05, 4.69) is 11.0 Å². The topological polar surface area (TPSA) is 58.8 Å². The van der Waals surface area contributed by atoms with Crippen molar-refractivity contribution in [2.45, 2.75) is 6.92 Å². The number of carbonyl (C=O) groups excluding carboxylic acids is 1. The minimum Gasteiger partial charge on any atom is -0.497 e. The normalized spacial score (nSPS) is 15.4. The number of methoxy groups -OCH3 is 1. The first-order valence-corrected chi connectivity index (χ1v) is 7.03. The van der Waals surface area contributed by atoms with Gasteiger partial charge in [0.2, 0.25) is 5.91 Å². The number of halogens is 2. The van der Waals surface area contributed by atoms with Crippen LogP contribution in [0.1, 0.15) is 6.92 Å². The Morgan fingerprint density at radius 2 is 1.91 bits per heavy atom. The van der Waals surface area contributed by atoms with Crippen LogP contribution in [0.4, 0.5) is 5.69 Å². The van der Waals surface area contributed by atoms with Gasteiger partial charge in [-0.2, -0.15) is 0 Å². The van der Waals surface area contributed by atoms with E-state index < -0.39 is 0 Å². The van der Waals surface area contributed by atoms with Crippen molar-refractivity contribution in [1.29, 1.82) is 0 Å². The Balaban J connectivity index is 0.00000220. The van der Waals surface area contributed by atoms with E-state index in [9.17, 15) is 4.79 Å². The fourth-order valence-electron chi connectivity index (χ4n) is 2.40. The molecule has 0 bridgehead atoms. The Bertz CT molecular complexity index is 466. The second-order valence-corrected chi connectivity index (χ2v) is 5.15. The molecule has 1 saturated heterocycles. The summed E-state index contributed by atoms with van der Waals surface area (Å²) in [5, 5.41) is 0. The summed E-state index contributed by atoms with van der Waals surface area (Å²) in [6.07, 6.45) is 0. The maximum atomic E-state index is 12.1. The van der Waals surface area contributed by atoms with E-state index in [1.807, 2.05) is 30.0 Å². The summed E-state index contributed by atoms with van der Waals surface area (Å²) in [6.45, 7) is 5.48. The minimum absolute atomic E-state index is 0. The SMILES string of the molecule is COc1cccc(N2CCN(C(=O)C(C)CN)CC2)c1.Cl.Cl. The van der Waals surface area contributed by atoms with Crippen molar-refractivity contribution < 1.29 is 9.53 Å². The second-order valence-electron chi connectivity index (χ2n) is 5.15. The summed E-state index contributed by atoms with van der Waals surface area (Å²) in [5.74, 6) is 0.939. The first kappa shape index (κ1) is 20.8. The highest BCUT2D eigenvalue weighted by atomic mass is 35.5. The maximum absolute atomic E-state index is 12.1. The first-order valence-electron chi connectivity index (χ1n) is 7.03. The molecule has 2 rings (SSSR count). The van der Waals surface area contributed by atoms with Gasteiger partial charge < -0.3 is 20.3 Å². The summed E-state index contributed by atoms with van der Waals surface area (Å²) in [4.78, 5) is 16.3. The number of amides is 1. The number of piperazine rings is 1. The molecule has 1 aromatic rings. The largest absolute Gasteiger partial charge is 0.497 e. The average molecular weight is 350 g/mol. The zero-order valence-corrected chi connectivity index (χ0v) is 14.7. The number of hydrogen-bond donors (Lipinski definition) is 1. The lowest BCUT2D eigenvalue weighted by Gasteiger charge is -2.37. The van der Waals surface area contributed by atoms with E-state index in [1.165, 1.54) is 0 Å². The Kier molecular flexibility index (Phi) is 9.25. The summed E-state index contributed by atoms with van der Waals surface area (Å²) in [5.41, 5.74) is 6.70. The van der Waals surface area contributed by atoms with Crippen LogP contribution in [0.3, 0.4) is 0 Å². The van der Waals surface area contributed by atoms with Crippen LogP contribution < -0.4 is 15.4 Å². The molecule has 0 saturated carbocycles. The lowest BCUT2D eigenvalue weighted by Crippen LogP contribution is -2.50. The fourth-order valence-corrected chi connectivity index (χ4v) is 2.40. The van der Waals surface area contributed by atoms with E-state index in [-0.39, 0.29) is 36.6 Å². The van der Waals surface area contributed by atoms with E-state index in [4.69, 9.17) is 10.5 Å². The van der Waals surface area contributed by atoms with Crippen molar-refractivity contribution in [3.63, 3.8) is 0 Å². The standard InChI is InChI=1S/C15H23N3O2.2ClH/c1-12(11-16)15(19)18-8-6-17(7-9-18)13-4-3-5-14(10-13)20-2;;/h3-5,10,12H,6-9,11,16H2,1-2H3;2*1H. The summed E-state index contributed by atoms with van der Waals surface area (Å²) in [6, 6.07) is 8.02.